The maximum absolute atomic E-state index is 3.39. The number of hydrogen-bond acceptors (Lipinski definition) is 3. The van der Waals surface area contributed by atoms with Crippen LogP contribution in [-0.2, 0) is 0 Å². The summed E-state index contributed by atoms with van der Waals surface area (Å²) in [5, 5.41) is 4.20. The third-order valence-electron chi connectivity index (χ3n) is 1.57. The Kier molecular flexibility index (Phi) is 3.52. The van der Waals surface area contributed by atoms with Crippen LogP contribution in [-0.4, -0.2) is 49.6 Å². The zero-order valence-corrected chi connectivity index (χ0v) is 7.58. The molecular formula is C7H16N2S. The molecule has 1 unspecified atom stereocenters. The van der Waals surface area contributed by atoms with Crippen LogP contribution in [0.25, 0.3) is 0 Å². The first kappa shape index (κ1) is 8.37. The molecule has 0 aromatic heterocycles. The average Bonchev–Trinajstić information content (AvgIpc) is 1.88. The molecule has 0 spiro atoms. The number of hydrogen-bond donors (Lipinski definition) is 1. The maximum atomic E-state index is 3.39. The van der Waals surface area contributed by atoms with Gasteiger partial charge in [0.2, 0.25) is 0 Å². The summed E-state index contributed by atoms with van der Waals surface area (Å²) in [5.41, 5.74) is 0. The van der Waals surface area contributed by atoms with Gasteiger partial charge < -0.3 is 10.2 Å². The van der Waals surface area contributed by atoms with Crippen LogP contribution in [0.5, 0.6) is 0 Å². The summed E-state index contributed by atoms with van der Waals surface area (Å²) in [6.07, 6.45) is 0. The van der Waals surface area contributed by atoms with Gasteiger partial charge in [0.05, 0.1) is 0 Å². The number of rotatable bonds is 2. The molecule has 1 aliphatic rings. The van der Waals surface area contributed by atoms with Gasteiger partial charge in [-0.1, -0.05) is 0 Å². The second-order valence-corrected chi connectivity index (χ2v) is 4.37. The minimum Gasteiger partial charge on any atom is -0.315 e. The fourth-order valence-corrected chi connectivity index (χ4v) is 2.38. The second-order valence-electron chi connectivity index (χ2n) is 2.96. The Morgan fingerprint density at radius 3 is 2.90 bits per heavy atom. The lowest BCUT2D eigenvalue weighted by Crippen LogP contribution is -2.38. The van der Waals surface area contributed by atoms with E-state index in [-0.39, 0.29) is 0 Å². The van der Waals surface area contributed by atoms with Crippen LogP contribution in [0, 0.1) is 0 Å². The monoisotopic (exact) mass is 160 g/mol. The van der Waals surface area contributed by atoms with Gasteiger partial charge in [0.15, 0.2) is 0 Å². The third kappa shape index (κ3) is 2.90. The molecule has 0 aromatic rings. The molecule has 3 heteroatoms. The van der Waals surface area contributed by atoms with Crippen molar-refractivity contribution in [1.29, 1.82) is 0 Å². The topological polar surface area (TPSA) is 15.3 Å². The molecule has 60 valence electrons. The van der Waals surface area contributed by atoms with Gasteiger partial charge in [-0.3, -0.25) is 0 Å². The van der Waals surface area contributed by atoms with Crippen molar-refractivity contribution in [2.24, 2.45) is 0 Å². The number of nitrogens with one attached hydrogen (secondary N) is 1. The van der Waals surface area contributed by atoms with Crippen molar-refractivity contribution in [3.63, 3.8) is 0 Å². The molecular weight excluding hydrogens is 144 g/mol. The summed E-state index contributed by atoms with van der Waals surface area (Å²) >= 11 is 2.09. The van der Waals surface area contributed by atoms with E-state index in [2.05, 4.69) is 36.1 Å². The molecule has 1 N–H and O–H groups in total. The molecule has 1 fully saturated rings. The first-order valence-electron chi connectivity index (χ1n) is 3.76. The highest BCUT2D eigenvalue weighted by molar-refractivity contribution is 8.00. The fraction of sp³-hybridized carbons (Fsp3) is 1.00. The predicted octanol–water partition coefficient (Wildman–Crippen LogP) is 0.253. The minimum atomic E-state index is 0.809. The molecule has 0 radical (unpaired) electrons. The molecule has 0 amide bonds. The van der Waals surface area contributed by atoms with Crippen molar-refractivity contribution in [2.75, 3.05) is 39.5 Å². The van der Waals surface area contributed by atoms with Gasteiger partial charge >= 0.3 is 0 Å². The molecule has 1 saturated heterocycles. The molecule has 0 bridgehead atoms. The molecule has 1 aliphatic heterocycles. The van der Waals surface area contributed by atoms with E-state index in [1.807, 2.05) is 0 Å². The van der Waals surface area contributed by atoms with E-state index in [0.717, 1.165) is 5.25 Å². The Balaban J connectivity index is 2.13. The van der Waals surface area contributed by atoms with Crippen LogP contribution >= 0.6 is 11.8 Å². The summed E-state index contributed by atoms with van der Waals surface area (Å²) in [6, 6.07) is 0. The van der Waals surface area contributed by atoms with E-state index in [0.29, 0.717) is 0 Å². The Hall–Kier alpha value is 0.270. The van der Waals surface area contributed by atoms with Crippen LogP contribution in [0.1, 0.15) is 0 Å². The molecule has 2 nitrogen and oxygen atoms in total. The van der Waals surface area contributed by atoms with Gasteiger partial charge in [0.25, 0.3) is 0 Å². The highest BCUT2D eigenvalue weighted by atomic mass is 32.2. The van der Waals surface area contributed by atoms with Gasteiger partial charge in [-0.05, 0) is 14.1 Å². The lowest BCUT2D eigenvalue weighted by molar-refractivity contribution is 0.399. The largest absolute Gasteiger partial charge is 0.315 e. The van der Waals surface area contributed by atoms with Gasteiger partial charge in [0, 0.05) is 30.6 Å². The predicted molar refractivity (Wildman–Crippen MR) is 47.7 cm³/mol. The van der Waals surface area contributed by atoms with Crippen molar-refractivity contribution in [2.45, 2.75) is 5.25 Å². The minimum absolute atomic E-state index is 0.809. The van der Waals surface area contributed by atoms with E-state index in [4.69, 9.17) is 0 Å². The van der Waals surface area contributed by atoms with Crippen LogP contribution in [0.15, 0.2) is 0 Å². The Morgan fingerprint density at radius 1 is 1.60 bits per heavy atom. The zero-order valence-electron chi connectivity index (χ0n) is 6.76. The molecule has 0 aliphatic carbocycles. The number of nitrogens with zero attached hydrogens (tertiary/aromatic N) is 1. The summed E-state index contributed by atoms with van der Waals surface area (Å²) in [6.45, 7) is 3.58. The van der Waals surface area contributed by atoms with Crippen LogP contribution in [0.2, 0.25) is 0 Å². The van der Waals surface area contributed by atoms with Gasteiger partial charge in [-0.15, -0.1) is 0 Å². The summed E-state index contributed by atoms with van der Waals surface area (Å²) < 4.78 is 0. The lowest BCUT2D eigenvalue weighted by Gasteiger charge is -2.24. The first-order chi connectivity index (χ1) is 4.79. The summed E-state index contributed by atoms with van der Waals surface area (Å²) in [7, 11) is 4.27. The molecule has 1 rings (SSSR count). The maximum Gasteiger partial charge on any atom is 0.0299 e. The van der Waals surface area contributed by atoms with Crippen molar-refractivity contribution >= 4 is 11.8 Å². The van der Waals surface area contributed by atoms with E-state index in [9.17, 15) is 0 Å². The average molecular weight is 160 g/mol. The third-order valence-corrected chi connectivity index (χ3v) is 2.80. The second kappa shape index (κ2) is 4.21. The molecule has 0 aromatic carbocycles. The van der Waals surface area contributed by atoms with Crippen molar-refractivity contribution in [3.8, 4) is 0 Å². The summed E-state index contributed by atoms with van der Waals surface area (Å²) in [5.74, 6) is 1.28. The zero-order chi connectivity index (χ0) is 7.40. The SMILES string of the molecule is CN(C)CC1CNCCS1. The Labute approximate surface area is 67.4 Å². The van der Waals surface area contributed by atoms with E-state index >= 15 is 0 Å². The standard InChI is InChI=1S/C7H16N2S/c1-9(2)6-7-5-8-3-4-10-7/h7-8H,3-6H2,1-2H3. The van der Waals surface area contributed by atoms with Crippen molar-refractivity contribution in [1.82, 2.24) is 10.2 Å². The van der Waals surface area contributed by atoms with Crippen LogP contribution in [0.4, 0.5) is 0 Å². The molecule has 10 heavy (non-hydrogen) atoms. The molecule has 1 heterocycles. The van der Waals surface area contributed by atoms with E-state index in [1.54, 1.807) is 0 Å². The molecule has 1 atom stereocenters. The van der Waals surface area contributed by atoms with Gasteiger partial charge in [0.1, 0.15) is 0 Å². The lowest BCUT2D eigenvalue weighted by atomic mass is 10.4. The highest BCUT2D eigenvalue weighted by Crippen LogP contribution is 2.13. The number of thioether (sulfide) groups is 1. The normalized spacial score (nSPS) is 27.3. The van der Waals surface area contributed by atoms with E-state index < -0.39 is 0 Å². The Bertz CT molecular complexity index is 89.6. The van der Waals surface area contributed by atoms with Crippen LogP contribution in [0.3, 0.4) is 0 Å². The van der Waals surface area contributed by atoms with Crippen molar-refractivity contribution < 1.29 is 0 Å². The van der Waals surface area contributed by atoms with Gasteiger partial charge in [-0.25, -0.2) is 0 Å². The van der Waals surface area contributed by atoms with Crippen molar-refractivity contribution in [3.05, 3.63) is 0 Å². The fourth-order valence-electron chi connectivity index (χ4n) is 1.14. The van der Waals surface area contributed by atoms with E-state index in [1.165, 1.54) is 25.4 Å². The first-order valence-corrected chi connectivity index (χ1v) is 4.81. The smallest absolute Gasteiger partial charge is 0.0299 e. The molecule has 0 saturated carbocycles. The Morgan fingerprint density at radius 2 is 2.40 bits per heavy atom. The quantitative estimate of drug-likeness (QED) is 0.623. The van der Waals surface area contributed by atoms with Crippen LogP contribution < -0.4 is 5.32 Å². The summed E-state index contributed by atoms with van der Waals surface area (Å²) in [4.78, 5) is 2.25. The highest BCUT2D eigenvalue weighted by Gasteiger charge is 2.13. The van der Waals surface area contributed by atoms with Gasteiger partial charge in [-0.2, -0.15) is 11.8 Å².